The molecule has 0 spiro atoms. The molecule has 1 saturated heterocycles. The highest BCUT2D eigenvalue weighted by Gasteiger charge is 2.46. The van der Waals surface area contributed by atoms with Crippen LogP contribution in [0.15, 0.2) is 48.9 Å². The first kappa shape index (κ1) is 26.1. The summed E-state index contributed by atoms with van der Waals surface area (Å²) in [5, 5.41) is 19.5. The Bertz CT molecular complexity index is 1550. The van der Waals surface area contributed by atoms with E-state index in [0.717, 1.165) is 12.8 Å². The molecule has 1 saturated carbocycles. The van der Waals surface area contributed by atoms with E-state index in [1.54, 1.807) is 22.6 Å². The van der Waals surface area contributed by atoms with Gasteiger partial charge >= 0.3 is 12.6 Å². The molecule has 1 aliphatic heterocycles. The molecule has 2 aliphatic rings. The lowest BCUT2D eigenvalue weighted by atomic mass is 9.85. The van der Waals surface area contributed by atoms with Crippen LogP contribution in [-0.2, 0) is 17.8 Å². The number of rotatable bonds is 8. The van der Waals surface area contributed by atoms with Gasteiger partial charge in [-0.15, -0.1) is 0 Å². The maximum atomic E-state index is 15.2. The number of piperidine rings is 1. The minimum absolute atomic E-state index is 0.00323. The number of pyridine rings is 1. The Kier molecular flexibility index (Phi) is 6.78. The van der Waals surface area contributed by atoms with Gasteiger partial charge in [-0.25, -0.2) is 19.3 Å². The van der Waals surface area contributed by atoms with Gasteiger partial charge in [-0.3, -0.25) is 4.79 Å². The summed E-state index contributed by atoms with van der Waals surface area (Å²) in [6.07, 6.45) is 6.40. The van der Waals surface area contributed by atoms with Crippen molar-refractivity contribution >= 4 is 17.6 Å². The van der Waals surface area contributed by atoms with E-state index in [2.05, 4.69) is 19.7 Å². The van der Waals surface area contributed by atoms with E-state index in [4.69, 9.17) is 0 Å². The second-order valence-electron chi connectivity index (χ2n) is 10.2. The van der Waals surface area contributed by atoms with Crippen LogP contribution < -0.4 is 9.64 Å². The number of hydrogen-bond acceptors (Lipinski definition) is 7. The highest BCUT2D eigenvalue weighted by molar-refractivity contribution is 5.72. The van der Waals surface area contributed by atoms with Gasteiger partial charge in [0.05, 0.1) is 23.9 Å². The first-order valence-corrected chi connectivity index (χ1v) is 13.0. The van der Waals surface area contributed by atoms with E-state index in [9.17, 15) is 23.8 Å². The summed E-state index contributed by atoms with van der Waals surface area (Å²) in [5.74, 6) is -1.07. The number of aliphatic hydroxyl groups is 1. The zero-order chi connectivity index (χ0) is 28.0. The van der Waals surface area contributed by atoms with Crippen LogP contribution >= 0.6 is 0 Å². The third-order valence-electron chi connectivity index (χ3n) is 7.94. The number of benzene rings is 1. The Morgan fingerprint density at radius 2 is 1.82 bits per heavy atom. The molecule has 2 N–H and O–H groups in total. The number of anilines is 1. The van der Waals surface area contributed by atoms with Crippen molar-refractivity contribution in [3.05, 3.63) is 71.7 Å². The molecule has 12 heteroatoms. The van der Waals surface area contributed by atoms with Crippen molar-refractivity contribution < 1.29 is 32.9 Å². The molecule has 4 heterocycles. The van der Waals surface area contributed by atoms with Crippen molar-refractivity contribution in [2.45, 2.75) is 32.5 Å². The van der Waals surface area contributed by atoms with E-state index in [1.807, 2.05) is 4.90 Å². The second kappa shape index (κ2) is 10.4. The number of carboxylic acids is 1. The number of aliphatic carboxylic acids is 1. The quantitative estimate of drug-likeness (QED) is 0.335. The van der Waals surface area contributed by atoms with Crippen LogP contribution in [0.2, 0.25) is 0 Å². The molecular formula is C28H26F3N5O4. The molecule has 6 rings (SSSR count). The summed E-state index contributed by atoms with van der Waals surface area (Å²) in [7, 11) is 0. The fourth-order valence-corrected chi connectivity index (χ4v) is 6.14. The molecule has 0 amide bonds. The number of fused-ring (bicyclic) bond motifs is 3. The number of carboxylic acid groups (broad SMARTS) is 1. The van der Waals surface area contributed by atoms with E-state index < -0.39 is 25.0 Å². The lowest BCUT2D eigenvalue weighted by Gasteiger charge is -2.35. The predicted octanol–water partition coefficient (Wildman–Crippen LogP) is 4.16. The van der Waals surface area contributed by atoms with Crippen LogP contribution in [0.3, 0.4) is 0 Å². The molecule has 3 atom stereocenters. The molecule has 1 unspecified atom stereocenters. The predicted molar refractivity (Wildman–Crippen MR) is 138 cm³/mol. The van der Waals surface area contributed by atoms with Crippen molar-refractivity contribution in [1.29, 1.82) is 0 Å². The molecule has 0 radical (unpaired) electrons. The summed E-state index contributed by atoms with van der Waals surface area (Å²) in [6.45, 7) is -2.30. The molecule has 1 aliphatic carbocycles. The van der Waals surface area contributed by atoms with Crippen molar-refractivity contribution in [2.75, 3.05) is 18.0 Å². The zero-order valence-electron chi connectivity index (χ0n) is 21.3. The second-order valence-corrected chi connectivity index (χ2v) is 10.2. The Balaban J connectivity index is 1.31. The van der Waals surface area contributed by atoms with Crippen LogP contribution in [0, 0.1) is 23.6 Å². The van der Waals surface area contributed by atoms with Gasteiger partial charge in [-0.05, 0) is 30.7 Å². The Labute approximate surface area is 226 Å². The van der Waals surface area contributed by atoms with Gasteiger partial charge in [0.15, 0.2) is 0 Å². The number of ether oxygens (including phenoxy) is 1. The number of para-hydroxylation sites is 1. The van der Waals surface area contributed by atoms with Crippen LogP contribution in [-0.4, -0.2) is 55.2 Å². The number of halogens is 3. The van der Waals surface area contributed by atoms with Crippen LogP contribution in [0.4, 0.5) is 19.1 Å². The van der Waals surface area contributed by atoms with Gasteiger partial charge < -0.3 is 24.3 Å². The van der Waals surface area contributed by atoms with Gasteiger partial charge in [0, 0.05) is 60.9 Å². The third kappa shape index (κ3) is 4.72. The van der Waals surface area contributed by atoms with E-state index in [0.29, 0.717) is 35.9 Å². The van der Waals surface area contributed by atoms with Gasteiger partial charge in [0.25, 0.3) is 0 Å². The SMILES string of the molecule is O=C(O)C1[C@@H]2CC[C@H]1CN(c1ncc(-c3cn4c(Cc5ccccc5OC(F)F)c(CO)nc4cc3F)cn1)C2. The Morgan fingerprint density at radius 3 is 2.48 bits per heavy atom. The molecule has 3 aromatic heterocycles. The smallest absolute Gasteiger partial charge is 0.387 e. The molecule has 2 bridgehead atoms. The number of carbonyl (C=O) groups is 1. The zero-order valence-corrected chi connectivity index (χ0v) is 21.3. The average molecular weight is 554 g/mol. The van der Waals surface area contributed by atoms with Crippen molar-refractivity contribution in [1.82, 2.24) is 19.4 Å². The topological polar surface area (TPSA) is 113 Å². The minimum atomic E-state index is -3.00. The Morgan fingerprint density at radius 1 is 1.12 bits per heavy atom. The molecule has 1 aromatic carbocycles. The molecule has 9 nitrogen and oxygen atoms in total. The summed E-state index contributed by atoms with van der Waals surface area (Å²) < 4.78 is 47.4. The number of nitrogens with zero attached hydrogens (tertiary/aromatic N) is 5. The van der Waals surface area contributed by atoms with E-state index in [-0.39, 0.29) is 46.8 Å². The largest absolute Gasteiger partial charge is 0.481 e. The monoisotopic (exact) mass is 553 g/mol. The fourth-order valence-electron chi connectivity index (χ4n) is 6.14. The fraction of sp³-hybridized carbons (Fsp3) is 0.357. The molecule has 208 valence electrons. The number of hydrogen-bond donors (Lipinski definition) is 2. The molecular weight excluding hydrogens is 527 g/mol. The van der Waals surface area contributed by atoms with Crippen LogP contribution in [0.25, 0.3) is 16.8 Å². The maximum absolute atomic E-state index is 15.2. The first-order valence-electron chi connectivity index (χ1n) is 13.0. The van der Waals surface area contributed by atoms with Crippen molar-refractivity contribution in [2.24, 2.45) is 17.8 Å². The van der Waals surface area contributed by atoms with Gasteiger partial charge in [-0.1, -0.05) is 18.2 Å². The first-order chi connectivity index (χ1) is 19.3. The highest BCUT2D eigenvalue weighted by atomic mass is 19.3. The number of aliphatic hydroxyl groups excluding tert-OH is 1. The van der Waals surface area contributed by atoms with Crippen LogP contribution in [0.1, 0.15) is 29.8 Å². The minimum Gasteiger partial charge on any atom is -0.481 e. The van der Waals surface area contributed by atoms with Gasteiger partial charge in [0.2, 0.25) is 5.95 Å². The van der Waals surface area contributed by atoms with Gasteiger partial charge in [0.1, 0.15) is 17.2 Å². The molecule has 2 fully saturated rings. The lowest BCUT2D eigenvalue weighted by Crippen LogP contribution is -2.45. The standard InChI is InChI=1S/C28H26F3N5O4/c29-20-8-24-34-21(14-37)22(7-15-3-1-2-4-23(15)40-27(30)31)36(24)13-19(20)18-9-32-28(33-10-18)35-11-16-5-6-17(12-35)25(16)26(38)39/h1-4,8-10,13,16-17,25,27,37H,5-7,11-12,14H2,(H,38,39)/t16-,17+,25?. The lowest BCUT2D eigenvalue weighted by molar-refractivity contribution is -0.144. The number of alkyl halides is 2. The molecule has 4 aromatic rings. The summed E-state index contributed by atoms with van der Waals surface area (Å²) in [6, 6.07) is 7.58. The van der Waals surface area contributed by atoms with E-state index in [1.165, 1.54) is 30.7 Å². The van der Waals surface area contributed by atoms with Gasteiger partial charge in [-0.2, -0.15) is 8.78 Å². The summed E-state index contributed by atoms with van der Waals surface area (Å²) in [4.78, 5) is 26.9. The van der Waals surface area contributed by atoms with Crippen LogP contribution in [0.5, 0.6) is 5.75 Å². The normalized spacial score (nSPS) is 20.4. The highest BCUT2D eigenvalue weighted by Crippen LogP contribution is 2.42. The maximum Gasteiger partial charge on any atom is 0.387 e. The van der Waals surface area contributed by atoms with Crippen molar-refractivity contribution in [3.8, 4) is 16.9 Å². The summed E-state index contributed by atoms with van der Waals surface area (Å²) in [5.41, 5.74) is 2.11. The molecule has 40 heavy (non-hydrogen) atoms. The number of aromatic nitrogens is 4. The number of imidazole rings is 1. The Hall–Kier alpha value is -4.19. The third-order valence-corrected chi connectivity index (χ3v) is 7.94. The summed E-state index contributed by atoms with van der Waals surface area (Å²) >= 11 is 0. The van der Waals surface area contributed by atoms with E-state index >= 15 is 4.39 Å². The average Bonchev–Trinajstić information content (AvgIpc) is 3.41. The van der Waals surface area contributed by atoms with Crippen molar-refractivity contribution in [3.63, 3.8) is 0 Å².